The Morgan fingerprint density at radius 3 is 2.86 bits per heavy atom. The van der Waals surface area contributed by atoms with Gasteiger partial charge < -0.3 is 9.57 Å². The van der Waals surface area contributed by atoms with E-state index in [0.29, 0.717) is 12.3 Å². The molecule has 0 radical (unpaired) electrons. The molecule has 0 saturated carbocycles. The van der Waals surface area contributed by atoms with E-state index in [-0.39, 0.29) is 12.3 Å². The van der Waals surface area contributed by atoms with Crippen molar-refractivity contribution < 1.29 is 9.57 Å². The molecule has 1 aliphatic rings. The highest BCUT2D eigenvalue weighted by Gasteiger charge is 2.17. The summed E-state index contributed by atoms with van der Waals surface area (Å²) in [6.45, 7) is 4.79. The van der Waals surface area contributed by atoms with Crippen molar-refractivity contribution in [3.8, 4) is 11.4 Å². The largest absolute Gasteiger partial charge is 0.493 e. The summed E-state index contributed by atoms with van der Waals surface area (Å²) < 4.78 is 8.07. The normalized spacial score (nSPS) is 13.3. The Morgan fingerprint density at radius 1 is 1.25 bits per heavy atom. The molecule has 0 aliphatic carbocycles. The molecule has 3 aromatic rings. The molecule has 0 atom stereocenters. The van der Waals surface area contributed by atoms with Crippen molar-refractivity contribution >= 4 is 5.71 Å². The van der Waals surface area contributed by atoms with Gasteiger partial charge in [0, 0.05) is 30.2 Å². The van der Waals surface area contributed by atoms with Gasteiger partial charge in [-0.05, 0) is 42.0 Å². The van der Waals surface area contributed by atoms with Gasteiger partial charge in [-0.25, -0.2) is 4.79 Å². The van der Waals surface area contributed by atoms with Gasteiger partial charge in [0.05, 0.1) is 18.0 Å². The molecule has 8 nitrogen and oxygen atoms in total. The number of hydrogen-bond donors (Lipinski definition) is 0. The SMILES string of the molecule is C/C(=N/OCc1c(C)cccc1-n1nnn(C)c1=O)c1cccc2c1CCO2. The fourth-order valence-corrected chi connectivity index (χ4v) is 3.34. The molecule has 0 spiro atoms. The van der Waals surface area contributed by atoms with Crippen molar-refractivity contribution in [1.29, 1.82) is 0 Å². The number of tetrazole rings is 1. The maximum Gasteiger partial charge on any atom is 0.368 e. The lowest BCUT2D eigenvalue weighted by Crippen LogP contribution is -2.23. The Kier molecular flexibility index (Phi) is 4.68. The summed E-state index contributed by atoms with van der Waals surface area (Å²) in [5.74, 6) is 0.912. The van der Waals surface area contributed by atoms with Crippen LogP contribution in [0.4, 0.5) is 0 Å². The second-order valence-corrected chi connectivity index (χ2v) is 6.70. The third-order valence-electron chi connectivity index (χ3n) is 4.88. The van der Waals surface area contributed by atoms with Crippen LogP contribution in [0, 0.1) is 6.92 Å². The first-order valence-electron chi connectivity index (χ1n) is 9.05. The second-order valence-electron chi connectivity index (χ2n) is 6.70. The van der Waals surface area contributed by atoms with E-state index in [9.17, 15) is 4.79 Å². The number of rotatable bonds is 5. The molecular weight excluding hydrogens is 358 g/mol. The Labute approximate surface area is 162 Å². The highest BCUT2D eigenvalue weighted by Crippen LogP contribution is 2.28. The van der Waals surface area contributed by atoms with E-state index in [1.807, 2.05) is 50.2 Å². The Morgan fingerprint density at radius 2 is 2.07 bits per heavy atom. The monoisotopic (exact) mass is 379 g/mol. The zero-order chi connectivity index (χ0) is 19.7. The topological polar surface area (TPSA) is 83.5 Å². The van der Waals surface area contributed by atoms with Crippen LogP contribution in [0.2, 0.25) is 0 Å². The lowest BCUT2D eigenvalue weighted by molar-refractivity contribution is 0.130. The van der Waals surface area contributed by atoms with Crippen LogP contribution < -0.4 is 10.4 Å². The van der Waals surface area contributed by atoms with Crippen molar-refractivity contribution in [2.75, 3.05) is 6.61 Å². The number of oxime groups is 1. The molecule has 1 aromatic heterocycles. The predicted molar refractivity (Wildman–Crippen MR) is 104 cm³/mol. The first kappa shape index (κ1) is 18.0. The van der Waals surface area contributed by atoms with E-state index in [1.54, 1.807) is 7.05 Å². The molecule has 28 heavy (non-hydrogen) atoms. The van der Waals surface area contributed by atoms with Crippen LogP contribution in [-0.2, 0) is 24.9 Å². The molecule has 0 amide bonds. The molecule has 0 unspecified atom stereocenters. The minimum atomic E-state index is -0.314. The van der Waals surface area contributed by atoms with Crippen molar-refractivity contribution in [3.63, 3.8) is 0 Å². The first-order chi connectivity index (χ1) is 13.6. The molecule has 2 heterocycles. The predicted octanol–water partition coefficient (Wildman–Crippen LogP) is 2.15. The average molecular weight is 379 g/mol. The molecule has 4 rings (SSSR count). The highest BCUT2D eigenvalue weighted by molar-refractivity contribution is 6.00. The summed E-state index contributed by atoms with van der Waals surface area (Å²) in [5.41, 5.74) is 5.13. The quantitative estimate of drug-likeness (QED) is 0.501. The van der Waals surface area contributed by atoms with Crippen molar-refractivity contribution in [1.82, 2.24) is 19.8 Å². The lowest BCUT2D eigenvalue weighted by Gasteiger charge is -2.11. The van der Waals surface area contributed by atoms with Crippen molar-refractivity contribution in [3.05, 3.63) is 69.1 Å². The van der Waals surface area contributed by atoms with Gasteiger partial charge in [0.1, 0.15) is 12.4 Å². The average Bonchev–Trinajstić information content (AvgIpc) is 3.30. The minimum absolute atomic E-state index is 0.216. The van der Waals surface area contributed by atoms with Crippen LogP contribution in [-0.4, -0.2) is 32.1 Å². The second kappa shape index (κ2) is 7.30. The number of benzene rings is 2. The zero-order valence-electron chi connectivity index (χ0n) is 16.0. The number of fused-ring (bicyclic) bond motifs is 1. The molecule has 8 heteroatoms. The smallest absolute Gasteiger partial charge is 0.368 e. The Bertz CT molecular complexity index is 1110. The highest BCUT2D eigenvalue weighted by atomic mass is 16.6. The summed E-state index contributed by atoms with van der Waals surface area (Å²) in [4.78, 5) is 17.9. The molecule has 144 valence electrons. The summed E-state index contributed by atoms with van der Waals surface area (Å²) in [6, 6.07) is 11.6. The summed E-state index contributed by atoms with van der Waals surface area (Å²) >= 11 is 0. The van der Waals surface area contributed by atoms with E-state index in [4.69, 9.17) is 9.57 Å². The van der Waals surface area contributed by atoms with Gasteiger partial charge >= 0.3 is 5.69 Å². The van der Waals surface area contributed by atoms with Crippen LogP contribution in [0.1, 0.15) is 29.2 Å². The van der Waals surface area contributed by atoms with Crippen LogP contribution in [0.25, 0.3) is 5.69 Å². The molecule has 2 aromatic carbocycles. The van der Waals surface area contributed by atoms with Gasteiger partial charge in [-0.3, -0.25) is 0 Å². The molecule has 1 aliphatic heterocycles. The maximum absolute atomic E-state index is 12.2. The van der Waals surface area contributed by atoms with Gasteiger partial charge in [0.15, 0.2) is 0 Å². The number of hydrogen-bond acceptors (Lipinski definition) is 6. The molecule has 0 saturated heterocycles. The van der Waals surface area contributed by atoms with Gasteiger partial charge in [0.2, 0.25) is 0 Å². The summed E-state index contributed by atoms with van der Waals surface area (Å²) in [7, 11) is 1.56. The minimum Gasteiger partial charge on any atom is -0.493 e. The summed E-state index contributed by atoms with van der Waals surface area (Å²) in [6.07, 6.45) is 0.871. The van der Waals surface area contributed by atoms with Gasteiger partial charge in [-0.1, -0.05) is 29.4 Å². The van der Waals surface area contributed by atoms with E-state index >= 15 is 0 Å². The van der Waals surface area contributed by atoms with Gasteiger partial charge in [-0.2, -0.15) is 9.36 Å². The van der Waals surface area contributed by atoms with E-state index in [1.165, 1.54) is 9.36 Å². The molecular formula is C20H21N5O3. The van der Waals surface area contributed by atoms with Crippen molar-refractivity contribution in [2.45, 2.75) is 26.9 Å². The van der Waals surface area contributed by atoms with Crippen LogP contribution in [0.3, 0.4) is 0 Å². The zero-order valence-corrected chi connectivity index (χ0v) is 16.0. The van der Waals surface area contributed by atoms with E-state index < -0.39 is 0 Å². The number of aromatic nitrogens is 4. The third-order valence-corrected chi connectivity index (χ3v) is 4.88. The van der Waals surface area contributed by atoms with Crippen LogP contribution >= 0.6 is 0 Å². The van der Waals surface area contributed by atoms with E-state index in [2.05, 4.69) is 15.6 Å². The first-order valence-corrected chi connectivity index (χ1v) is 9.05. The Hall–Kier alpha value is -3.42. The molecule has 0 bridgehead atoms. The Balaban J connectivity index is 1.59. The van der Waals surface area contributed by atoms with E-state index in [0.717, 1.165) is 40.1 Å². The van der Waals surface area contributed by atoms with Crippen molar-refractivity contribution in [2.24, 2.45) is 12.2 Å². The van der Waals surface area contributed by atoms with Gasteiger partial charge in [-0.15, -0.1) is 0 Å². The lowest BCUT2D eigenvalue weighted by atomic mass is 10.0. The van der Waals surface area contributed by atoms with Crippen LogP contribution in [0.15, 0.2) is 46.3 Å². The van der Waals surface area contributed by atoms with Gasteiger partial charge in [0.25, 0.3) is 0 Å². The molecule has 0 N–H and O–H groups in total. The fraction of sp³-hybridized carbons (Fsp3) is 0.300. The molecule has 0 fully saturated rings. The third kappa shape index (κ3) is 3.17. The van der Waals surface area contributed by atoms with Crippen LogP contribution in [0.5, 0.6) is 5.75 Å². The summed E-state index contributed by atoms with van der Waals surface area (Å²) in [5, 5.41) is 12.0. The number of nitrogens with zero attached hydrogens (tertiary/aromatic N) is 5. The number of aryl methyl sites for hydroxylation is 2. The standard InChI is InChI=1S/C20H21N5O3/c1-13-6-4-8-18(25-20(26)24(3)22-23-25)17(13)12-28-21-14(2)15-7-5-9-19-16(15)10-11-27-19/h4-9H,10-12H2,1-3H3/b21-14-. The maximum atomic E-state index is 12.2. The number of ether oxygens (including phenoxy) is 1. The fourth-order valence-electron chi connectivity index (χ4n) is 3.34.